The average molecular weight is 227 g/mol. The summed E-state index contributed by atoms with van der Waals surface area (Å²) in [6.07, 6.45) is 11.7. The van der Waals surface area contributed by atoms with Gasteiger partial charge in [0.15, 0.2) is 0 Å². The van der Waals surface area contributed by atoms with Crippen molar-refractivity contribution in [3.63, 3.8) is 0 Å². The van der Waals surface area contributed by atoms with E-state index in [1.165, 1.54) is 57.8 Å². The second kappa shape index (κ2) is 8.08. The van der Waals surface area contributed by atoms with E-state index < -0.39 is 0 Å². The Morgan fingerprint density at radius 1 is 0.938 bits per heavy atom. The average Bonchev–Trinajstić information content (AvgIpc) is 2.76. The molecule has 0 radical (unpaired) electrons. The number of ether oxygens (including phenoxy) is 1. The van der Waals surface area contributed by atoms with Crippen LogP contribution < -0.4 is 5.32 Å². The molecule has 0 amide bonds. The summed E-state index contributed by atoms with van der Waals surface area (Å²) in [5.74, 6) is 0. The second-order valence-electron chi connectivity index (χ2n) is 5.04. The molecule has 1 atom stereocenters. The highest BCUT2D eigenvalue weighted by molar-refractivity contribution is 4.82. The van der Waals surface area contributed by atoms with Gasteiger partial charge in [-0.25, -0.2) is 0 Å². The lowest BCUT2D eigenvalue weighted by Crippen LogP contribution is -2.41. The van der Waals surface area contributed by atoms with Gasteiger partial charge in [0.1, 0.15) is 5.72 Å². The third-order valence-electron chi connectivity index (χ3n) is 3.55. The minimum absolute atomic E-state index is 0.0439. The highest BCUT2D eigenvalue weighted by Crippen LogP contribution is 2.26. The van der Waals surface area contributed by atoms with Crippen LogP contribution in [0.2, 0.25) is 0 Å². The standard InChI is InChI=1S/C14H29NO/c1-3-5-7-8-9-11-14(10-6-4-2)15-12-13-16-14/h15H,3-13H2,1-2H3. The van der Waals surface area contributed by atoms with Crippen molar-refractivity contribution in [3.8, 4) is 0 Å². The van der Waals surface area contributed by atoms with Gasteiger partial charge < -0.3 is 4.74 Å². The van der Waals surface area contributed by atoms with Crippen molar-refractivity contribution in [2.45, 2.75) is 77.4 Å². The maximum absolute atomic E-state index is 5.94. The molecule has 1 rings (SSSR count). The molecule has 1 heterocycles. The highest BCUT2D eigenvalue weighted by atomic mass is 16.5. The predicted octanol–water partition coefficient (Wildman–Crippen LogP) is 3.85. The molecule has 1 aliphatic rings. The molecule has 1 fully saturated rings. The molecule has 0 bridgehead atoms. The van der Waals surface area contributed by atoms with Gasteiger partial charge in [0.25, 0.3) is 0 Å². The van der Waals surface area contributed by atoms with Gasteiger partial charge in [-0.2, -0.15) is 0 Å². The van der Waals surface area contributed by atoms with Crippen LogP contribution in [-0.2, 0) is 4.74 Å². The van der Waals surface area contributed by atoms with Gasteiger partial charge >= 0.3 is 0 Å². The van der Waals surface area contributed by atoms with Crippen LogP contribution in [0.3, 0.4) is 0 Å². The van der Waals surface area contributed by atoms with Crippen LogP contribution in [0.25, 0.3) is 0 Å². The third-order valence-corrected chi connectivity index (χ3v) is 3.55. The van der Waals surface area contributed by atoms with Crippen molar-refractivity contribution < 1.29 is 4.74 Å². The molecule has 0 aromatic heterocycles. The van der Waals surface area contributed by atoms with E-state index in [0.29, 0.717) is 0 Å². The van der Waals surface area contributed by atoms with Gasteiger partial charge in [-0.15, -0.1) is 0 Å². The molecule has 0 aromatic rings. The SMILES string of the molecule is CCCCCCCC1(CCCC)NCCO1. The number of hydrogen-bond donors (Lipinski definition) is 1. The summed E-state index contributed by atoms with van der Waals surface area (Å²) in [7, 11) is 0. The van der Waals surface area contributed by atoms with E-state index in [1.54, 1.807) is 0 Å². The summed E-state index contributed by atoms with van der Waals surface area (Å²) < 4.78 is 5.94. The van der Waals surface area contributed by atoms with Crippen LogP contribution in [-0.4, -0.2) is 18.9 Å². The maximum Gasteiger partial charge on any atom is 0.119 e. The van der Waals surface area contributed by atoms with E-state index in [0.717, 1.165) is 13.2 Å². The fraction of sp³-hybridized carbons (Fsp3) is 1.00. The van der Waals surface area contributed by atoms with Gasteiger partial charge in [-0.3, -0.25) is 5.32 Å². The lowest BCUT2D eigenvalue weighted by Gasteiger charge is -2.28. The Morgan fingerprint density at radius 2 is 1.62 bits per heavy atom. The monoisotopic (exact) mass is 227 g/mol. The molecular formula is C14H29NO. The molecule has 0 saturated carbocycles. The normalized spacial score (nSPS) is 25.1. The zero-order valence-electron chi connectivity index (χ0n) is 11.2. The zero-order valence-corrected chi connectivity index (χ0v) is 11.2. The quantitative estimate of drug-likeness (QED) is 0.604. The van der Waals surface area contributed by atoms with Crippen molar-refractivity contribution >= 4 is 0 Å². The van der Waals surface area contributed by atoms with E-state index >= 15 is 0 Å². The summed E-state index contributed by atoms with van der Waals surface area (Å²) >= 11 is 0. The van der Waals surface area contributed by atoms with E-state index in [2.05, 4.69) is 19.2 Å². The first kappa shape index (κ1) is 14.0. The fourth-order valence-corrected chi connectivity index (χ4v) is 2.50. The summed E-state index contributed by atoms with van der Waals surface area (Å²) in [4.78, 5) is 0. The van der Waals surface area contributed by atoms with Crippen molar-refractivity contribution in [3.05, 3.63) is 0 Å². The van der Waals surface area contributed by atoms with Gasteiger partial charge in [0.05, 0.1) is 6.61 Å². The first-order valence-corrected chi connectivity index (χ1v) is 7.22. The van der Waals surface area contributed by atoms with Gasteiger partial charge in [-0.05, 0) is 25.7 Å². The summed E-state index contributed by atoms with van der Waals surface area (Å²) in [6.45, 7) is 6.46. The van der Waals surface area contributed by atoms with E-state index in [9.17, 15) is 0 Å². The van der Waals surface area contributed by atoms with Crippen molar-refractivity contribution in [1.29, 1.82) is 0 Å². The van der Waals surface area contributed by atoms with E-state index in [1.807, 2.05) is 0 Å². The van der Waals surface area contributed by atoms with Crippen LogP contribution in [0.1, 0.15) is 71.6 Å². The zero-order chi connectivity index (χ0) is 11.7. The molecule has 0 aliphatic carbocycles. The Bertz CT molecular complexity index is 164. The second-order valence-corrected chi connectivity index (χ2v) is 5.04. The molecule has 2 heteroatoms. The number of rotatable bonds is 9. The van der Waals surface area contributed by atoms with Crippen LogP contribution in [0, 0.1) is 0 Å². The van der Waals surface area contributed by atoms with Gasteiger partial charge in [-0.1, -0.05) is 46.0 Å². The maximum atomic E-state index is 5.94. The Kier molecular flexibility index (Phi) is 7.06. The number of hydrogen-bond acceptors (Lipinski definition) is 2. The van der Waals surface area contributed by atoms with Crippen molar-refractivity contribution in [2.75, 3.05) is 13.2 Å². The number of unbranched alkanes of at least 4 members (excludes halogenated alkanes) is 5. The van der Waals surface area contributed by atoms with Crippen LogP contribution in [0.4, 0.5) is 0 Å². The first-order valence-electron chi connectivity index (χ1n) is 7.22. The fourth-order valence-electron chi connectivity index (χ4n) is 2.50. The minimum Gasteiger partial charge on any atom is -0.359 e. The first-order chi connectivity index (χ1) is 7.83. The Hall–Kier alpha value is -0.0800. The number of nitrogens with one attached hydrogen (secondary N) is 1. The molecule has 1 saturated heterocycles. The van der Waals surface area contributed by atoms with Crippen molar-refractivity contribution in [1.82, 2.24) is 5.32 Å². The van der Waals surface area contributed by atoms with Crippen molar-refractivity contribution in [2.24, 2.45) is 0 Å². The van der Waals surface area contributed by atoms with Gasteiger partial charge in [0, 0.05) is 6.54 Å². The van der Waals surface area contributed by atoms with Gasteiger partial charge in [0.2, 0.25) is 0 Å². The minimum atomic E-state index is 0.0439. The predicted molar refractivity (Wildman–Crippen MR) is 69.6 cm³/mol. The lowest BCUT2D eigenvalue weighted by atomic mass is 9.98. The molecule has 1 aliphatic heterocycles. The van der Waals surface area contributed by atoms with Crippen LogP contribution >= 0.6 is 0 Å². The largest absolute Gasteiger partial charge is 0.359 e. The molecule has 96 valence electrons. The summed E-state index contributed by atoms with van der Waals surface area (Å²) in [5.41, 5.74) is 0.0439. The molecule has 1 unspecified atom stereocenters. The van der Waals surface area contributed by atoms with E-state index in [-0.39, 0.29) is 5.72 Å². The Balaban J connectivity index is 2.17. The molecule has 0 spiro atoms. The Morgan fingerprint density at radius 3 is 2.25 bits per heavy atom. The molecule has 1 N–H and O–H groups in total. The third kappa shape index (κ3) is 4.84. The Labute approximate surface area is 101 Å². The highest BCUT2D eigenvalue weighted by Gasteiger charge is 2.32. The summed E-state index contributed by atoms with van der Waals surface area (Å²) in [5, 5.41) is 3.57. The summed E-state index contributed by atoms with van der Waals surface area (Å²) in [6, 6.07) is 0. The topological polar surface area (TPSA) is 21.3 Å². The molecule has 0 aromatic carbocycles. The van der Waals surface area contributed by atoms with Crippen LogP contribution in [0.15, 0.2) is 0 Å². The van der Waals surface area contributed by atoms with Crippen LogP contribution in [0.5, 0.6) is 0 Å². The lowest BCUT2D eigenvalue weighted by molar-refractivity contribution is -0.0272. The molecule has 2 nitrogen and oxygen atoms in total. The van der Waals surface area contributed by atoms with E-state index in [4.69, 9.17) is 4.74 Å². The molecular weight excluding hydrogens is 198 g/mol. The molecule has 16 heavy (non-hydrogen) atoms. The smallest absolute Gasteiger partial charge is 0.119 e.